The summed E-state index contributed by atoms with van der Waals surface area (Å²) in [5.41, 5.74) is 3.83. The van der Waals surface area contributed by atoms with Crippen molar-refractivity contribution in [3.63, 3.8) is 0 Å². The standard InChI is InChI=1S/C18H12N2O2/c21-20(22)13-10-15(12-6-2-1-3-7-12)18-16(11-13)14-8-4-5-9-17(14)19-18/h1-11,19H. The number of aromatic amines is 1. The molecule has 4 rings (SSSR count). The Morgan fingerprint density at radius 3 is 2.36 bits per heavy atom. The first-order chi connectivity index (χ1) is 10.7. The Labute approximate surface area is 126 Å². The molecule has 0 aliphatic carbocycles. The molecule has 0 saturated heterocycles. The number of para-hydroxylation sites is 1. The van der Waals surface area contributed by atoms with Crippen molar-refractivity contribution in [3.05, 3.63) is 76.8 Å². The van der Waals surface area contributed by atoms with Gasteiger partial charge in [0.15, 0.2) is 0 Å². The molecule has 1 heterocycles. The van der Waals surface area contributed by atoms with Crippen LogP contribution >= 0.6 is 0 Å². The van der Waals surface area contributed by atoms with Crippen molar-refractivity contribution in [2.24, 2.45) is 0 Å². The summed E-state index contributed by atoms with van der Waals surface area (Å²) < 4.78 is 0. The zero-order chi connectivity index (χ0) is 15.1. The Hall–Kier alpha value is -3.14. The van der Waals surface area contributed by atoms with Crippen molar-refractivity contribution in [1.82, 2.24) is 4.98 Å². The van der Waals surface area contributed by atoms with Crippen LogP contribution in [0.1, 0.15) is 0 Å². The number of hydrogen-bond donors (Lipinski definition) is 1. The molecule has 106 valence electrons. The molecule has 0 atom stereocenters. The smallest absolute Gasteiger partial charge is 0.270 e. The molecular formula is C18H12N2O2. The second kappa shape index (κ2) is 4.70. The molecule has 1 aromatic heterocycles. The van der Waals surface area contributed by atoms with E-state index in [1.54, 1.807) is 12.1 Å². The third kappa shape index (κ3) is 1.85. The first-order valence-electron chi connectivity index (χ1n) is 6.98. The number of fused-ring (bicyclic) bond motifs is 3. The van der Waals surface area contributed by atoms with Crippen LogP contribution in [0.4, 0.5) is 5.69 Å². The van der Waals surface area contributed by atoms with Gasteiger partial charge in [0.1, 0.15) is 0 Å². The number of benzene rings is 3. The highest BCUT2D eigenvalue weighted by Crippen LogP contribution is 2.36. The summed E-state index contributed by atoms with van der Waals surface area (Å²) in [6.45, 7) is 0. The average Bonchev–Trinajstić information content (AvgIpc) is 2.93. The molecule has 3 aromatic carbocycles. The van der Waals surface area contributed by atoms with Gasteiger partial charge in [-0.05, 0) is 11.6 Å². The fourth-order valence-electron chi connectivity index (χ4n) is 2.89. The summed E-state index contributed by atoms with van der Waals surface area (Å²) in [5, 5.41) is 13.2. The molecule has 1 N–H and O–H groups in total. The average molecular weight is 288 g/mol. The highest BCUT2D eigenvalue weighted by Gasteiger charge is 2.16. The number of nitrogens with one attached hydrogen (secondary N) is 1. The lowest BCUT2D eigenvalue weighted by atomic mass is 10.0. The van der Waals surface area contributed by atoms with E-state index in [1.165, 1.54) is 0 Å². The van der Waals surface area contributed by atoms with Crippen molar-refractivity contribution >= 4 is 27.5 Å². The normalized spacial score (nSPS) is 11.1. The third-order valence-corrected chi connectivity index (χ3v) is 3.90. The predicted molar refractivity (Wildman–Crippen MR) is 87.9 cm³/mol. The van der Waals surface area contributed by atoms with Crippen molar-refractivity contribution < 1.29 is 4.92 Å². The molecule has 0 spiro atoms. The third-order valence-electron chi connectivity index (χ3n) is 3.90. The summed E-state index contributed by atoms with van der Waals surface area (Å²) in [7, 11) is 0. The van der Waals surface area contributed by atoms with Gasteiger partial charge in [0.05, 0.1) is 10.4 Å². The molecule has 0 fully saturated rings. The highest BCUT2D eigenvalue weighted by molar-refractivity contribution is 6.12. The van der Waals surface area contributed by atoms with E-state index in [9.17, 15) is 10.1 Å². The molecular weight excluding hydrogens is 276 g/mol. The van der Waals surface area contributed by atoms with E-state index in [2.05, 4.69) is 4.98 Å². The molecule has 4 heteroatoms. The van der Waals surface area contributed by atoms with Gasteiger partial charge < -0.3 is 4.98 Å². The SMILES string of the molecule is O=[N+]([O-])c1cc(-c2ccccc2)c2[nH]c3ccccc3c2c1. The first kappa shape index (κ1) is 12.6. The summed E-state index contributed by atoms with van der Waals surface area (Å²) in [4.78, 5) is 14.3. The van der Waals surface area contributed by atoms with E-state index < -0.39 is 0 Å². The Morgan fingerprint density at radius 1 is 0.864 bits per heavy atom. The maximum Gasteiger partial charge on any atom is 0.270 e. The van der Waals surface area contributed by atoms with Crippen molar-refractivity contribution in [1.29, 1.82) is 0 Å². The lowest BCUT2D eigenvalue weighted by Crippen LogP contribution is -1.89. The lowest BCUT2D eigenvalue weighted by Gasteiger charge is -2.04. The number of H-pyrrole nitrogens is 1. The van der Waals surface area contributed by atoms with E-state index in [4.69, 9.17) is 0 Å². The Bertz CT molecular complexity index is 1000. The minimum atomic E-state index is -0.340. The van der Waals surface area contributed by atoms with Crippen LogP contribution in [0.3, 0.4) is 0 Å². The highest BCUT2D eigenvalue weighted by atomic mass is 16.6. The van der Waals surface area contributed by atoms with Crippen LogP contribution in [0.25, 0.3) is 32.9 Å². The maximum atomic E-state index is 11.3. The second-order valence-corrected chi connectivity index (χ2v) is 5.21. The molecule has 0 aliphatic heterocycles. The number of hydrogen-bond acceptors (Lipinski definition) is 2. The van der Waals surface area contributed by atoms with Crippen molar-refractivity contribution in [2.75, 3.05) is 0 Å². The van der Waals surface area contributed by atoms with Crippen LogP contribution < -0.4 is 0 Å². The van der Waals surface area contributed by atoms with E-state index in [1.807, 2.05) is 54.6 Å². The Kier molecular flexibility index (Phi) is 2.69. The molecule has 0 saturated carbocycles. The quantitative estimate of drug-likeness (QED) is 0.421. The summed E-state index contributed by atoms with van der Waals surface area (Å²) in [5.74, 6) is 0. The molecule has 0 amide bonds. The number of nitro benzene ring substituents is 1. The van der Waals surface area contributed by atoms with Gasteiger partial charge in [-0.3, -0.25) is 10.1 Å². The van der Waals surface area contributed by atoms with Gasteiger partial charge in [-0.1, -0.05) is 48.5 Å². The van der Waals surface area contributed by atoms with Crippen molar-refractivity contribution in [3.8, 4) is 11.1 Å². The maximum absolute atomic E-state index is 11.3. The molecule has 0 aliphatic rings. The number of rotatable bonds is 2. The number of nitro groups is 1. The fourth-order valence-corrected chi connectivity index (χ4v) is 2.89. The molecule has 4 aromatic rings. The van der Waals surface area contributed by atoms with Gasteiger partial charge in [-0.15, -0.1) is 0 Å². The molecule has 4 nitrogen and oxygen atoms in total. The zero-order valence-electron chi connectivity index (χ0n) is 11.6. The summed E-state index contributed by atoms with van der Waals surface area (Å²) >= 11 is 0. The van der Waals surface area contributed by atoms with Crippen LogP contribution in [0.2, 0.25) is 0 Å². The predicted octanol–water partition coefficient (Wildman–Crippen LogP) is 4.90. The van der Waals surface area contributed by atoms with Crippen LogP contribution in [-0.2, 0) is 0 Å². The first-order valence-corrected chi connectivity index (χ1v) is 6.98. The van der Waals surface area contributed by atoms with Gasteiger partial charge in [0.25, 0.3) is 5.69 Å². The van der Waals surface area contributed by atoms with E-state index in [0.29, 0.717) is 0 Å². The largest absolute Gasteiger partial charge is 0.354 e. The zero-order valence-corrected chi connectivity index (χ0v) is 11.6. The topological polar surface area (TPSA) is 58.9 Å². The van der Waals surface area contributed by atoms with E-state index in [-0.39, 0.29) is 10.6 Å². The number of non-ortho nitro benzene ring substituents is 1. The molecule has 22 heavy (non-hydrogen) atoms. The summed E-state index contributed by atoms with van der Waals surface area (Å²) in [6, 6.07) is 20.9. The minimum absolute atomic E-state index is 0.108. The Morgan fingerprint density at radius 2 is 1.59 bits per heavy atom. The monoisotopic (exact) mass is 288 g/mol. The van der Waals surface area contributed by atoms with Crippen LogP contribution in [0, 0.1) is 10.1 Å². The molecule has 0 unspecified atom stereocenters. The molecule has 0 radical (unpaired) electrons. The lowest BCUT2D eigenvalue weighted by molar-refractivity contribution is -0.384. The van der Waals surface area contributed by atoms with Gasteiger partial charge >= 0.3 is 0 Å². The van der Waals surface area contributed by atoms with Gasteiger partial charge in [-0.25, -0.2) is 0 Å². The Balaban J connectivity index is 2.16. The van der Waals surface area contributed by atoms with E-state index >= 15 is 0 Å². The van der Waals surface area contributed by atoms with Crippen LogP contribution in [-0.4, -0.2) is 9.91 Å². The van der Waals surface area contributed by atoms with E-state index in [0.717, 1.165) is 32.9 Å². The molecule has 0 bridgehead atoms. The second-order valence-electron chi connectivity index (χ2n) is 5.21. The number of aromatic nitrogens is 1. The van der Waals surface area contributed by atoms with Crippen molar-refractivity contribution in [2.45, 2.75) is 0 Å². The fraction of sp³-hybridized carbons (Fsp3) is 0. The minimum Gasteiger partial charge on any atom is -0.354 e. The van der Waals surface area contributed by atoms with Gasteiger partial charge in [0.2, 0.25) is 0 Å². The summed E-state index contributed by atoms with van der Waals surface area (Å²) in [6.07, 6.45) is 0. The van der Waals surface area contributed by atoms with Gasteiger partial charge in [0, 0.05) is 34.0 Å². The van der Waals surface area contributed by atoms with Gasteiger partial charge in [-0.2, -0.15) is 0 Å². The number of nitrogens with zero attached hydrogens (tertiary/aromatic N) is 1. The van der Waals surface area contributed by atoms with Crippen LogP contribution in [0.5, 0.6) is 0 Å². The van der Waals surface area contributed by atoms with Crippen LogP contribution in [0.15, 0.2) is 66.7 Å².